The van der Waals surface area contributed by atoms with Crippen molar-refractivity contribution in [2.24, 2.45) is 5.73 Å². The van der Waals surface area contributed by atoms with E-state index >= 15 is 0 Å². The van der Waals surface area contributed by atoms with Crippen molar-refractivity contribution in [3.63, 3.8) is 0 Å². The number of rotatable bonds is 5. The first-order valence-electron chi connectivity index (χ1n) is 4.55. The lowest BCUT2D eigenvalue weighted by Gasteiger charge is -2.17. The summed E-state index contributed by atoms with van der Waals surface area (Å²) in [6.45, 7) is 5.46. The van der Waals surface area contributed by atoms with Gasteiger partial charge in [-0.2, -0.15) is 0 Å². The maximum Gasteiger partial charge on any atom is 0.142 e. The molecule has 1 rings (SSSR count). The minimum Gasteiger partial charge on any atom is -0.329 e. The molecule has 1 aromatic rings. The molecule has 0 aliphatic rings. The van der Waals surface area contributed by atoms with E-state index in [-0.39, 0.29) is 0 Å². The van der Waals surface area contributed by atoms with Crippen molar-refractivity contribution in [2.75, 3.05) is 19.6 Å². The first kappa shape index (κ1) is 10.1. The van der Waals surface area contributed by atoms with Crippen LogP contribution in [0.1, 0.15) is 12.7 Å². The van der Waals surface area contributed by atoms with Crippen LogP contribution in [0.3, 0.4) is 0 Å². The van der Waals surface area contributed by atoms with Crippen molar-refractivity contribution in [2.45, 2.75) is 13.5 Å². The van der Waals surface area contributed by atoms with Gasteiger partial charge in [0.05, 0.1) is 6.54 Å². The molecule has 0 amide bonds. The van der Waals surface area contributed by atoms with E-state index in [9.17, 15) is 0 Å². The Balaban J connectivity index is 2.46. The summed E-state index contributed by atoms with van der Waals surface area (Å²) in [7, 11) is 0. The third-order valence-electron chi connectivity index (χ3n) is 1.88. The van der Waals surface area contributed by atoms with Gasteiger partial charge in [-0.05, 0) is 12.6 Å². The molecular weight excluding hydrogens is 164 g/mol. The summed E-state index contributed by atoms with van der Waals surface area (Å²) in [6, 6.07) is 1.82. The smallest absolute Gasteiger partial charge is 0.142 e. The van der Waals surface area contributed by atoms with Crippen LogP contribution in [0.15, 0.2) is 18.5 Å². The molecule has 2 N–H and O–H groups in total. The van der Waals surface area contributed by atoms with Crippen LogP contribution in [0.25, 0.3) is 0 Å². The number of hydrogen-bond donors (Lipinski definition) is 1. The molecule has 0 aliphatic carbocycles. The quantitative estimate of drug-likeness (QED) is 0.706. The second-order valence-electron chi connectivity index (χ2n) is 2.82. The van der Waals surface area contributed by atoms with Gasteiger partial charge in [-0.3, -0.25) is 4.90 Å². The lowest BCUT2D eigenvalue weighted by molar-refractivity contribution is 0.281. The third-order valence-corrected chi connectivity index (χ3v) is 1.88. The molecule has 1 aromatic heterocycles. The molecule has 13 heavy (non-hydrogen) atoms. The van der Waals surface area contributed by atoms with Crippen molar-refractivity contribution in [1.82, 2.24) is 14.9 Å². The molecule has 0 atom stereocenters. The van der Waals surface area contributed by atoms with Crippen molar-refractivity contribution in [1.29, 1.82) is 0 Å². The highest BCUT2D eigenvalue weighted by Crippen LogP contribution is 1.95. The molecule has 0 unspecified atom stereocenters. The van der Waals surface area contributed by atoms with E-state index in [0.29, 0.717) is 6.54 Å². The summed E-state index contributed by atoms with van der Waals surface area (Å²) < 4.78 is 0. The van der Waals surface area contributed by atoms with E-state index in [0.717, 1.165) is 25.5 Å². The third kappa shape index (κ3) is 3.48. The van der Waals surface area contributed by atoms with Crippen LogP contribution >= 0.6 is 0 Å². The highest BCUT2D eigenvalue weighted by molar-refractivity contribution is 4.88. The van der Waals surface area contributed by atoms with E-state index in [1.165, 1.54) is 0 Å². The van der Waals surface area contributed by atoms with Gasteiger partial charge in [-0.1, -0.05) is 6.92 Å². The van der Waals surface area contributed by atoms with Gasteiger partial charge in [0.1, 0.15) is 5.82 Å². The van der Waals surface area contributed by atoms with Crippen LogP contribution in [0.4, 0.5) is 0 Å². The van der Waals surface area contributed by atoms with Crippen LogP contribution in [-0.2, 0) is 6.54 Å². The number of nitrogens with two attached hydrogens (primary N) is 1. The predicted molar refractivity (Wildman–Crippen MR) is 52.0 cm³/mol. The van der Waals surface area contributed by atoms with Gasteiger partial charge in [0, 0.05) is 25.5 Å². The SMILES string of the molecule is CCN(CCN)Cc1ncccn1. The lowest BCUT2D eigenvalue weighted by atomic mass is 10.4. The normalized spacial score (nSPS) is 10.7. The van der Waals surface area contributed by atoms with Gasteiger partial charge in [0.15, 0.2) is 0 Å². The number of nitrogens with zero attached hydrogens (tertiary/aromatic N) is 3. The highest BCUT2D eigenvalue weighted by atomic mass is 15.1. The fraction of sp³-hybridized carbons (Fsp3) is 0.556. The molecule has 4 nitrogen and oxygen atoms in total. The summed E-state index contributed by atoms with van der Waals surface area (Å²) in [5.74, 6) is 0.859. The minimum atomic E-state index is 0.681. The highest BCUT2D eigenvalue weighted by Gasteiger charge is 2.03. The molecule has 0 fully saturated rings. The molecule has 0 saturated carbocycles. The Hall–Kier alpha value is -1.00. The molecule has 1 heterocycles. The Labute approximate surface area is 78.8 Å². The van der Waals surface area contributed by atoms with E-state index in [1.54, 1.807) is 12.4 Å². The summed E-state index contributed by atoms with van der Waals surface area (Å²) in [5.41, 5.74) is 5.48. The molecule has 72 valence electrons. The molecular formula is C9H16N4. The molecule has 0 bridgehead atoms. The van der Waals surface area contributed by atoms with Gasteiger partial charge in [0.25, 0.3) is 0 Å². The van der Waals surface area contributed by atoms with Crippen LogP contribution in [0.5, 0.6) is 0 Å². The standard InChI is InChI=1S/C9H16N4/c1-2-13(7-4-10)8-9-11-5-3-6-12-9/h3,5-6H,2,4,7-8,10H2,1H3. The predicted octanol–water partition coefficient (Wildman–Crippen LogP) is 0.257. The molecule has 0 aromatic carbocycles. The molecule has 0 spiro atoms. The number of hydrogen-bond acceptors (Lipinski definition) is 4. The maximum absolute atomic E-state index is 5.48. The second kappa shape index (κ2) is 5.61. The Morgan fingerprint density at radius 1 is 1.38 bits per heavy atom. The fourth-order valence-electron chi connectivity index (χ4n) is 1.14. The average molecular weight is 180 g/mol. The van der Waals surface area contributed by atoms with Crippen LogP contribution in [0.2, 0.25) is 0 Å². The first-order chi connectivity index (χ1) is 6.36. The number of aromatic nitrogens is 2. The van der Waals surface area contributed by atoms with E-state index in [2.05, 4.69) is 21.8 Å². The van der Waals surface area contributed by atoms with E-state index < -0.39 is 0 Å². The van der Waals surface area contributed by atoms with E-state index in [4.69, 9.17) is 5.73 Å². The van der Waals surface area contributed by atoms with Crippen LogP contribution < -0.4 is 5.73 Å². The zero-order valence-corrected chi connectivity index (χ0v) is 7.98. The summed E-state index contributed by atoms with van der Waals surface area (Å²) in [6.07, 6.45) is 3.53. The van der Waals surface area contributed by atoms with Crippen molar-refractivity contribution in [3.05, 3.63) is 24.3 Å². The number of likely N-dealkylation sites (N-methyl/N-ethyl adjacent to an activating group) is 1. The molecule has 0 saturated heterocycles. The zero-order chi connectivity index (χ0) is 9.52. The summed E-state index contributed by atoms with van der Waals surface area (Å²) in [5, 5.41) is 0. The monoisotopic (exact) mass is 180 g/mol. The Bertz CT molecular complexity index is 224. The zero-order valence-electron chi connectivity index (χ0n) is 7.98. The minimum absolute atomic E-state index is 0.681. The van der Waals surface area contributed by atoms with Gasteiger partial charge in [0.2, 0.25) is 0 Å². The summed E-state index contributed by atoms with van der Waals surface area (Å²) in [4.78, 5) is 10.5. The van der Waals surface area contributed by atoms with E-state index in [1.807, 2.05) is 6.07 Å². The Kier molecular flexibility index (Phi) is 4.35. The fourth-order valence-corrected chi connectivity index (χ4v) is 1.14. The van der Waals surface area contributed by atoms with Gasteiger partial charge >= 0.3 is 0 Å². The summed E-state index contributed by atoms with van der Waals surface area (Å²) >= 11 is 0. The maximum atomic E-state index is 5.48. The Morgan fingerprint density at radius 2 is 2.08 bits per heavy atom. The first-order valence-corrected chi connectivity index (χ1v) is 4.55. The van der Waals surface area contributed by atoms with Crippen LogP contribution in [0, 0.1) is 0 Å². The van der Waals surface area contributed by atoms with Crippen LogP contribution in [-0.4, -0.2) is 34.5 Å². The van der Waals surface area contributed by atoms with Crippen molar-refractivity contribution in [3.8, 4) is 0 Å². The van der Waals surface area contributed by atoms with Crippen molar-refractivity contribution < 1.29 is 0 Å². The topological polar surface area (TPSA) is 55.0 Å². The largest absolute Gasteiger partial charge is 0.329 e. The van der Waals surface area contributed by atoms with Gasteiger partial charge in [-0.15, -0.1) is 0 Å². The van der Waals surface area contributed by atoms with Gasteiger partial charge in [-0.25, -0.2) is 9.97 Å². The lowest BCUT2D eigenvalue weighted by Crippen LogP contribution is -2.29. The van der Waals surface area contributed by atoms with Gasteiger partial charge < -0.3 is 5.73 Å². The van der Waals surface area contributed by atoms with Crippen molar-refractivity contribution >= 4 is 0 Å². The average Bonchev–Trinajstić information content (AvgIpc) is 2.19. The molecule has 0 radical (unpaired) electrons. The Morgan fingerprint density at radius 3 is 2.62 bits per heavy atom. The second-order valence-corrected chi connectivity index (χ2v) is 2.82. The molecule has 4 heteroatoms. The molecule has 0 aliphatic heterocycles.